The van der Waals surface area contributed by atoms with Crippen molar-refractivity contribution in [3.8, 4) is 0 Å². The van der Waals surface area contributed by atoms with Gasteiger partial charge in [0.15, 0.2) is 0 Å². The molecule has 0 aliphatic heterocycles. The summed E-state index contributed by atoms with van der Waals surface area (Å²) in [6.45, 7) is 6.04. The molecule has 2 amide bonds. The number of nitrogens with one attached hydrogen (secondary N) is 2. The molecule has 1 saturated carbocycles. The summed E-state index contributed by atoms with van der Waals surface area (Å²) < 4.78 is 0. The van der Waals surface area contributed by atoms with Gasteiger partial charge < -0.3 is 15.5 Å². The van der Waals surface area contributed by atoms with Crippen molar-refractivity contribution in [2.24, 2.45) is 0 Å². The Labute approximate surface area is 124 Å². The van der Waals surface area contributed by atoms with E-state index in [2.05, 4.69) is 36.4 Å². The molecule has 1 atom stereocenters. The molecule has 1 fully saturated rings. The highest BCUT2D eigenvalue weighted by Crippen LogP contribution is 2.16. The van der Waals surface area contributed by atoms with Gasteiger partial charge in [-0.3, -0.25) is 0 Å². The van der Waals surface area contributed by atoms with Gasteiger partial charge >= 0.3 is 6.03 Å². The molecule has 0 aromatic heterocycles. The zero-order valence-corrected chi connectivity index (χ0v) is 13.6. The number of amides is 2. The van der Waals surface area contributed by atoms with Crippen molar-refractivity contribution in [1.29, 1.82) is 0 Å². The first kappa shape index (κ1) is 17.3. The van der Waals surface area contributed by atoms with Crippen LogP contribution in [-0.4, -0.2) is 43.2 Å². The molecule has 0 spiro atoms. The number of carbonyl (C=O) groups excluding carboxylic acids is 1. The van der Waals surface area contributed by atoms with Crippen molar-refractivity contribution < 1.29 is 4.79 Å². The number of nitrogens with zero attached hydrogens (tertiary/aromatic N) is 1. The fourth-order valence-electron chi connectivity index (χ4n) is 2.71. The van der Waals surface area contributed by atoms with Gasteiger partial charge in [0.1, 0.15) is 0 Å². The minimum Gasteiger partial charge on any atom is -0.337 e. The summed E-state index contributed by atoms with van der Waals surface area (Å²) in [6.07, 6.45) is 9.93. The lowest BCUT2D eigenvalue weighted by Gasteiger charge is -2.24. The quantitative estimate of drug-likeness (QED) is 0.786. The lowest BCUT2D eigenvalue weighted by atomic mass is 9.97. The third kappa shape index (κ3) is 7.13. The molecule has 1 rings (SSSR count). The maximum absolute atomic E-state index is 11.9. The molecule has 4 nitrogen and oxygen atoms in total. The molecule has 0 heterocycles. The summed E-state index contributed by atoms with van der Waals surface area (Å²) in [5, 5.41) is 6.12. The zero-order chi connectivity index (χ0) is 14.8. The first-order valence-electron chi connectivity index (χ1n) is 8.38. The van der Waals surface area contributed by atoms with E-state index < -0.39 is 0 Å². The van der Waals surface area contributed by atoms with Crippen LogP contribution in [0.2, 0.25) is 0 Å². The van der Waals surface area contributed by atoms with Crippen LogP contribution < -0.4 is 10.6 Å². The Kier molecular flexibility index (Phi) is 8.67. The summed E-state index contributed by atoms with van der Waals surface area (Å²) in [4.78, 5) is 14.2. The van der Waals surface area contributed by atoms with E-state index in [-0.39, 0.29) is 6.03 Å². The predicted octanol–water partition coefficient (Wildman–Crippen LogP) is 3.13. The van der Waals surface area contributed by atoms with Crippen LogP contribution in [0.1, 0.15) is 65.2 Å². The molecular weight excluding hydrogens is 250 g/mol. The lowest BCUT2D eigenvalue weighted by molar-refractivity contribution is 0.225. The first-order chi connectivity index (χ1) is 9.63. The smallest absolute Gasteiger partial charge is 0.315 e. The Balaban J connectivity index is 2.15. The normalized spacial score (nSPS) is 19.2. The largest absolute Gasteiger partial charge is 0.337 e. The molecule has 0 bridgehead atoms. The fourth-order valence-corrected chi connectivity index (χ4v) is 2.71. The van der Waals surface area contributed by atoms with Gasteiger partial charge in [-0.25, -0.2) is 4.79 Å². The summed E-state index contributed by atoms with van der Waals surface area (Å²) in [5.41, 5.74) is 0. The van der Waals surface area contributed by atoms with Crippen molar-refractivity contribution in [2.75, 3.05) is 20.1 Å². The molecule has 20 heavy (non-hydrogen) atoms. The van der Waals surface area contributed by atoms with Crippen LogP contribution in [0, 0.1) is 0 Å². The second kappa shape index (κ2) is 10.0. The molecule has 1 unspecified atom stereocenters. The number of urea groups is 1. The average Bonchev–Trinajstić information content (AvgIpc) is 2.40. The van der Waals surface area contributed by atoms with Crippen molar-refractivity contribution in [2.45, 2.75) is 77.3 Å². The van der Waals surface area contributed by atoms with E-state index in [0.29, 0.717) is 12.1 Å². The van der Waals surface area contributed by atoms with Gasteiger partial charge in [-0.1, -0.05) is 39.0 Å². The van der Waals surface area contributed by atoms with E-state index in [9.17, 15) is 4.79 Å². The highest BCUT2D eigenvalue weighted by Gasteiger charge is 2.14. The minimum absolute atomic E-state index is 0.00752. The standard InChI is InChI=1S/C16H33N3O/c1-4-14(2)19(3)13-12-17-16(20)18-15-10-8-6-5-7-9-11-15/h14-15H,4-13H2,1-3H3,(H2,17,18,20). The first-order valence-corrected chi connectivity index (χ1v) is 8.38. The van der Waals surface area contributed by atoms with Crippen LogP contribution >= 0.6 is 0 Å². The molecule has 0 radical (unpaired) electrons. The summed E-state index contributed by atoms with van der Waals surface area (Å²) >= 11 is 0. The monoisotopic (exact) mass is 283 g/mol. The number of hydrogen-bond acceptors (Lipinski definition) is 2. The number of carbonyl (C=O) groups is 1. The van der Waals surface area contributed by atoms with E-state index >= 15 is 0 Å². The second-order valence-electron chi connectivity index (χ2n) is 6.18. The molecular formula is C16H33N3O. The van der Waals surface area contributed by atoms with E-state index in [1.807, 2.05) is 0 Å². The van der Waals surface area contributed by atoms with Gasteiger partial charge in [-0.2, -0.15) is 0 Å². The maximum atomic E-state index is 11.9. The number of hydrogen-bond donors (Lipinski definition) is 2. The number of rotatable bonds is 6. The van der Waals surface area contributed by atoms with Crippen LogP contribution in [0.5, 0.6) is 0 Å². The Bertz CT molecular complexity index is 262. The highest BCUT2D eigenvalue weighted by molar-refractivity contribution is 5.74. The van der Waals surface area contributed by atoms with Crippen molar-refractivity contribution >= 4 is 6.03 Å². The van der Waals surface area contributed by atoms with Crippen molar-refractivity contribution in [3.63, 3.8) is 0 Å². The molecule has 1 aliphatic carbocycles. The molecule has 0 aromatic rings. The maximum Gasteiger partial charge on any atom is 0.315 e. The average molecular weight is 283 g/mol. The van der Waals surface area contributed by atoms with E-state index in [0.717, 1.165) is 32.4 Å². The van der Waals surface area contributed by atoms with Crippen LogP contribution in [0.3, 0.4) is 0 Å². The predicted molar refractivity (Wildman–Crippen MR) is 85.0 cm³/mol. The molecule has 118 valence electrons. The van der Waals surface area contributed by atoms with Crippen molar-refractivity contribution in [1.82, 2.24) is 15.5 Å². The summed E-state index contributed by atoms with van der Waals surface area (Å²) in [7, 11) is 2.11. The Hall–Kier alpha value is -0.770. The molecule has 4 heteroatoms. The van der Waals surface area contributed by atoms with E-state index in [1.165, 1.54) is 32.1 Å². The SMILES string of the molecule is CCC(C)N(C)CCNC(=O)NC1CCCCCCC1. The van der Waals surface area contributed by atoms with Gasteiger partial charge in [-0.05, 0) is 33.2 Å². The van der Waals surface area contributed by atoms with E-state index in [1.54, 1.807) is 0 Å². The van der Waals surface area contributed by atoms with Crippen LogP contribution in [0.4, 0.5) is 4.79 Å². The van der Waals surface area contributed by atoms with Crippen LogP contribution in [0.15, 0.2) is 0 Å². The Morgan fingerprint density at radius 2 is 1.80 bits per heavy atom. The van der Waals surface area contributed by atoms with E-state index in [4.69, 9.17) is 0 Å². The zero-order valence-electron chi connectivity index (χ0n) is 13.6. The molecule has 0 saturated heterocycles. The highest BCUT2D eigenvalue weighted by atomic mass is 16.2. The summed E-state index contributed by atoms with van der Waals surface area (Å²) in [6, 6.07) is 0.959. The van der Waals surface area contributed by atoms with Crippen LogP contribution in [-0.2, 0) is 0 Å². The summed E-state index contributed by atoms with van der Waals surface area (Å²) in [5.74, 6) is 0. The molecule has 2 N–H and O–H groups in total. The Morgan fingerprint density at radius 3 is 2.40 bits per heavy atom. The van der Waals surface area contributed by atoms with Gasteiger partial charge in [0.25, 0.3) is 0 Å². The van der Waals surface area contributed by atoms with Gasteiger partial charge in [0.05, 0.1) is 0 Å². The second-order valence-corrected chi connectivity index (χ2v) is 6.18. The van der Waals surface area contributed by atoms with Gasteiger partial charge in [-0.15, -0.1) is 0 Å². The van der Waals surface area contributed by atoms with Crippen LogP contribution in [0.25, 0.3) is 0 Å². The van der Waals surface area contributed by atoms with Gasteiger partial charge in [0.2, 0.25) is 0 Å². The Morgan fingerprint density at radius 1 is 1.20 bits per heavy atom. The molecule has 1 aliphatic rings. The lowest BCUT2D eigenvalue weighted by Crippen LogP contribution is -2.45. The topological polar surface area (TPSA) is 44.4 Å². The fraction of sp³-hybridized carbons (Fsp3) is 0.938. The molecule has 0 aromatic carbocycles. The minimum atomic E-state index is 0.00752. The van der Waals surface area contributed by atoms with Gasteiger partial charge in [0, 0.05) is 25.2 Å². The van der Waals surface area contributed by atoms with Crippen molar-refractivity contribution in [3.05, 3.63) is 0 Å². The third-order valence-electron chi connectivity index (χ3n) is 4.53. The third-order valence-corrected chi connectivity index (χ3v) is 4.53. The number of likely N-dealkylation sites (N-methyl/N-ethyl adjacent to an activating group) is 1.